The average molecular weight is 392 g/mol. The molecule has 0 unspecified atom stereocenters. The number of benzene rings is 1. The fraction of sp³-hybridized carbons (Fsp3) is 0.667. The number of phenolic OH excluding ortho intramolecular Hbond substituents is 1. The highest BCUT2D eigenvalue weighted by Crippen LogP contribution is 2.28. The third-order valence-electron chi connectivity index (χ3n) is 6.33. The van der Waals surface area contributed by atoms with Gasteiger partial charge in [-0.15, -0.1) is 0 Å². The Bertz CT molecular complexity index is 663. The van der Waals surface area contributed by atoms with Crippen LogP contribution in [0.1, 0.15) is 44.1 Å². The van der Waals surface area contributed by atoms with Crippen LogP contribution in [0, 0.1) is 5.92 Å². The van der Waals surface area contributed by atoms with Crippen molar-refractivity contribution >= 4 is 17.5 Å². The zero-order valence-corrected chi connectivity index (χ0v) is 16.6. The Morgan fingerprint density at radius 3 is 2.44 bits per heavy atom. The number of nitrogens with zero attached hydrogens (tertiary/aromatic N) is 2. The van der Waals surface area contributed by atoms with Crippen molar-refractivity contribution in [1.29, 1.82) is 0 Å². The van der Waals surface area contributed by atoms with E-state index in [1.54, 1.807) is 12.1 Å². The molecule has 1 saturated carbocycles. The summed E-state index contributed by atoms with van der Waals surface area (Å²) >= 11 is 6.06. The second-order valence-corrected chi connectivity index (χ2v) is 8.81. The molecule has 148 valence electrons. The molecule has 1 aliphatic carbocycles. The minimum atomic E-state index is 0.216. The molecule has 2 aliphatic heterocycles. The number of hydrogen-bond donors (Lipinski definition) is 2. The van der Waals surface area contributed by atoms with Gasteiger partial charge in [0.05, 0.1) is 0 Å². The van der Waals surface area contributed by atoms with Crippen LogP contribution in [0.25, 0.3) is 0 Å². The second-order valence-electron chi connectivity index (χ2n) is 8.37. The van der Waals surface area contributed by atoms with E-state index in [1.165, 1.54) is 0 Å². The Balaban J connectivity index is 1.21. The molecule has 5 nitrogen and oxygen atoms in total. The SMILES string of the molecule is O=C(NC1CC1)C1CCN(C2CCN(Cc3cc(Cl)ccc3O)CC2)CC1. The number of rotatable bonds is 5. The van der Waals surface area contributed by atoms with Gasteiger partial charge in [-0.25, -0.2) is 0 Å². The molecule has 1 aromatic carbocycles. The molecule has 2 heterocycles. The van der Waals surface area contributed by atoms with Crippen LogP contribution in [0.2, 0.25) is 5.02 Å². The standard InChI is InChI=1S/C21H30ClN3O2/c22-17-1-4-20(26)16(13-17)14-24-9-7-19(8-10-24)25-11-5-15(6-12-25)21(27)23-18-2-3-18/h1,4,13,15,18-19,26H,2-3,5-12,14H2,(H,23,27). The molecule has 2 saturated heterocycles. The van der Waals surface area contributed by atoms with E-state index in [-0.39, 0.29) is 11.8 Å². The zero-order valence-electron chi connectivity index (χ0n) is 15.9. The van der Waals surface area contributed by atoms with Gasteiger partial charge in [-0.2, -0.15) is 0 Å². The third-order valence-corrected chi connectivity index (χ3v) is 6.57. The summed E-state index contributed by atoms with van der Waals surface area (Å²) in [6, 6.07) is 6.36. The predicted molar refractivity (Wildman–Crippen MR) is 107 cm³/mol. The van der Waals surface area contributed by atoms with E-state index in [0.717, 1.165) is 76.8 Å². The highest BCUT2D eigenvalue weighted by atomic mass is 35.5. The summed E-state index contributed by atoms with van der Waals surface area (Å²) in [6.45, 7) is 4.92. The number of halogens is 1. The second kappa shape index (κ2) is 8.38. The van der Waals surface area contributed by atoms with Crippen molar-refractivity contribution in [2.75, 3.05) is 26.2 Å². The average Bonchev–Trinajstić information content (AvgIpc) is 3.49. The minimum Gasteiger partial charge on any atom is -0.508 e. The number of carbonyl (C=O) groups is 1. The normalized spacial score (nSPS) is 23.4. The molecule has 6 heteroatoms. The quantitative estimate of drug-likeness (QED) is 0.810. The lowest BCUT2D eigenvalue weighted by molar-refractivity contribution is -0.126. The van der Waals surface area contributed by atoms with Crippen LogP contribution in [0.4, 0.5) is 0 Å². The number of aromatic hydroxyl groups is 1. The summed E-state index contributed by atoms with van der Waals surface area (Å²) in [4.78, 5) is 17.2. The molecule has 1 aromatic rings. The maximum absolute atomic E-state index is 12.2. The fourth-order valence-corrected chi connectivity index (χ4v) is 4.63. The molecule has 3 aliphatic rings. The Morgan fingerprint density at radius 1 is 1.07 bits per heavy atom. The third kappa shape index (κ3) is 4.95. The van der Waals surface area contributed by atoms with Gasteiger partial charge >= 0.3 is 0 Å². The molecule has 2 N–H and O–H groups in total. The van der Waals surface area contributed by atoms with Gasteiger partial charge in [0.2, 0.25) is 5.91 Å². The Morgan fingerprint density at radius 2 is 1.78 bits per heavy atom. The smallest absolute Gasteiger partial charge is 0.223 e. The van der Waals surface area contributed by atoms with Crippen LogP contribution in [0.3, 0.4) is 0 Å². The van der Waals surface area contributed by atoms with Crippen molar-refractivity contribution < 1.29 is 9.90 Å². The molecular weight excluding hydrogens is 362 g/mol. The summed E-state index contributed by atoms with van der Waals surface area (Å²) in [5, 5.41) is 13.9. The van der Waals surface area contributed by atoms with Gasteiger partial charge in [-0.05, 0) is 82.9 Å². The summed E-state index contributed by atoms with van der Waals surface area (Å²) in [5.41, 5.74) is 0.906. The van der Waals surface area contributed by atoms with Crippen molar-refractivity contribution in [3.8, 4) is 5.75 Å². The lowest BCUT2D eigenvalue weighted by Gasteiger charge is -2.41. The summed E-state index contributed by atoms with van der Waals surface area (Å²) < 4.78 is 0. The van der Waals surface area contributed by atoms with E-state index in [0.29, 0.717) is 22.9 Å². The number of carbonyl (C=O) groups excluding carboxylic acids is 1. The number of phenols is 1. The lowest BCUT2D eigenvalue weighted by Crippen LogP contribution is -2.49. The van der Waals surface area contributed by atoms with E-state index in [2.05, 4.69) is 15.1 Å². The monoisotopic (exact) mass is 391 g/mol. The van der Waals surface area contributed by atoms with Gasteiger partial charge in [0.15, 0.2) is 0 Å². The van der Waals surface area contributed by atoms with Crippen molar-refractivity contribution in [2.45, 2.75) is 57.2 Å². The number of nitrogens with one attached hydrogen (secondary N) is 1. The maximum atomic E-state index is 12.2. The highest BCUT2D eigenvalue weighted by molar-refractivity contribution is 6.30. The summed E-state index contributed by atoms with van der Waals surface area (Å²) in [7, 11) is 0. The fourth-order valence-electron chi connectivity index (χ4n) is 4.44. The molecule has 1 amide bonds. The number of piperidine rings is 2. The van der Waals surface area contributed by atoms with Crippen molar-refractivity contribution in [2.24, 2.45) is 5.92 Å². The van der Waals surface area contributed by atoms with Gasteiger partial charge < -0.3 is 15.3 Å². The number of hydrogen-bond acceptors (Lipinski definition) is 4. The van der Waals surface area contributed by atoms with Crippen LogP contribution >= 0.6 is 11.6 Å². The van der Waals surface area contributed by atoms with Gasteiger partial charge in [-0.3, -0.25) is 9.69 Å². The summed E-state index contributed by atoms with van der Waals surface area (Å²) in [5.74, 6) is 0.828. The number of likely N-dealkylation sites (tertiary alicyclic amines) is 2. The molecule has 0 aromatic heterocycles. The Hall–Kier alpha value is -1.30. The first-order valence-corrected chi connectivity index (χ1v) is 10.7. The lowest BCUT2D eigenvalue weighted by atomic mass is 9.92. The van der Waals surface area contributed by atoms with Gasteiger partial charge in [-0.1, -0.05) is 11.6 Å². The molecule has 4 rings (SSSR count). The van der Waals surface area contributed by atoms with Crippen molar-refractivity contribution in [3.63, 3.8) is 0 Å². The molecule has 0 spiro atoms. The van der Waals surface area contributed by atoms with E-state index in [1.807, 2.05) is 6.07 Å². The van der Waals surface area contributed by atoms with E-state index < -0.39 is 0 Å². The van der Waals surface area contributed by atoms with Crippen LogP contribution in [0.5, 0.6) is 5.75 Å². The topological polar surface area (TPSA) is 55.8 Å². The first-order chi connectivity index (χ1) is 13.1. The van der Waals surface area contributed by atoms with Crippen molar-refractivity contribution in [1.82, 2.24) is 15.1 Å². The van der Waals surface area contributed by atoms with E-state index >= 15 is 0 Å². The Kier molecular flexibility index (Phi) is 5.90. The summed E-state index contributed by atoms with van der Waals surface area (Å²) in [6.07, 6.45) is 6.62. The van der Waals surface area contributed by atoms with Gasteiger partial charge in [0, 0.05) is 35.1 Å². The first-order valence-electron chi connectivity index (χ1n) is 10.3. The van der Waals surface area contributed by atoms with Crippen LogP contribution in [0.15, 0.2) is 18.2 Å². The Labute approximate surface area is 166 Å². The van der Waals surface area contributed by atoms with Crippen LogP contribution in [-0.2, 0) is 11.3 Å². The van der Waals surface area contributed by atoms with E-state index in [9.17, 15) is 9.90 Å². The maximum Gasteiger partial charge on any atom is 0.223 e. The molecule has 0 bridgehead atoms. The van der Waals surface area contributed by atoms with Crippen molar-refractivity contribution in [3.05, 3.63) is 28.8 Å². The number of amides is 1. The molecular formula is C21H30ClN3O2. The molecule has 3 fully saturated rings. The van der Waals surface area contributed by atoms with Crippen LogP contribution in [-0.4, -0.2) is 59.1 Å². The minimum absolute atomic E-state index is 0.216. The predicted octanol–water partition coefficient (Wildman–Crippen LogP) is 3.00. The first kappa shape index (κ1) is 19.0. The van der Waals surface area contributed by atoms with Gasteiger partial charge in [0.1, 0.15) is 5.75 Å². The highest BCUT2D eigenvalue weighted by Gasteiger charge is 2.32. The van der Waals surface area contributed by atoms with Crippen LogP contribution < -0.4 is 5.32 Å². The molecule has 27 heavy (non-hydrogen) atoms. The van der Waals surface area contributed by atoms with Gasteiger partial charge in [0.25, 0.3) is 0 Å². The molecule has 0 radical (unpaired) electrons. The zero-order chi connectivity index (χ0) is 18.8. The molecule has 0 atom stereocenters. The largest absolute Gasteiger partial charge is 0.508 e. The van der Waals surface area contributed by atoms with E-state index in [4.69, 9.17) is 11.6 Å².